The van der Waals surface area contributed by atoms with E-state index in [1.165, 1.54) is 12.1 Å². The number of ether oxygens (including phenoxy) is 1. The lowest BCUT2D eigenvalue weighted by Crippen LogP contribution is -2.37. The molecule has 32 heavy (non-hydrogen) atoms. The van der Waals surface area contributed by atoms with Gasteiger partial charge in [-0.3, -0.25) is 0 Å². The van der Waals surface area contributed by atoms with E-state index in [2.05, 4.69) is 10.5 Å². The lowest BCUT2D eigenvalue weighted by molar-refractivity contribution is 0.0890. The van der Waals surface area contributed by atoms with E-state index in [0.717, 1.165) is 16.7 Å². The molecule has 5 rings (SSSR count). The zero-order valence-corrected chi connectivity index (χ0v) is 17.2. The maximum atomic E-state index is 13.4. The minimum Gasteiger partial charge on any atom is -0.491 e. The monoisotopic (exact) mass is 434 g/mol. The minimum atomic E-state index is -0.755. The van der Waals surface area contributed by atoms with Gasteiger partial charge in [0.25, 0.3) is 0 Å². The number of halogens is 1. The van der Waals surface area contributed by atoms with Crippen LogP contribution < -0.4 is 10.1 Å². The van der Waals surface area contributed by atoms with E-state index >= 15 is 0 Å². The van der Waals surface area contributed by atoms with E-state index in [-0.39, 0.29) is 25.0 Å². The Labute approximate surface area is 184 Å². The number of aliphatic hydroxyl groups is 2. The molecule has 1 heterocycles. The third kappa shape index (κ3) is 4.10. The molecule has 4 aromatic rings. The molecule has 0 saturated heterocycles. The van der Waals surface area contributed by atoms with Gasteiger partial charge in [-0.25, -0.2) is 4.39 Å². The Kier molecular flexibility index (Phi) is 5.61. The van der Waals surface area contributed by atoms with Crippen LogP contribution >= 0.6 is 0 Å². The summed E-state index contributed by atoms with van der Waals surface area (Å²) in [7, 11) is 0. The predicted molar refractivity (Wildman–Crippen MR) is 118 cm³/mol. The molecule has 1 aliphatic rings. The first-order valence-corrected chi connectivity index (χ1v) is 10.5. The first-order chi connectivity index (χ1) is 15.6. The second kappa shape index (κ2) is 8.70. The van der Waals surface area contributed by atoms with E-state index in [1.54, 1.807) is 18.2 Å². The van der Waals surface area contributed by atoms with Crippen molar-refractivity contribution in [1.82, 2.24) is 10.5 Å². The number of hydrogen-bond acceptors (Lipinski definition) is 6. The molecule has 0 fully saturated rings. The number of aromatic nitrogens is 1. The van der Waals surface area contributed by atoms with Crippen LogP contribution in [0.5, 0.6) is 5.75 Å². The molecular formula is C25H23FN2O4. The van der Waals surface area contributed by atoms with Crippen LogP contribution in [0.15, 0.2) is 71.3 Å². The molecule has 164 valence electrons. The highest BCUT2D eigenvalue weighted by atomic mass is 19.1. The molecule has 1 aromatic heterocycles. The lowest BCUT2D eigenvalue weighted by Gasteiger charge is -2.20. The summed E-state index contributed by atoms with van der Waals surface area (Å²) < 4.78 is 24.4. The summed E-state index contributed by atoms with van der Waals surface area (Å²) >= 11 is 0. The normalized spacial score (nSPS) is 18.6. The fourth-order valence-electron chi connectivity index (χ4n) is 4.19. The summed E-state index contributed by atoms with van der Waals surface area (Å²) in [6.07, 6.45) is -0.659. The number of fused-ring (bicyclic) bond motifs is 2. The van der Waals surface area contributed by atoms with E-state index in [1.807, 2.05) is 36.4 Å². The molecule has 0 radical (unpaired) electrons. The Morgan fingerprint density at radius 1 is 1.12 bits per heavy atom. The van der Waals surface area contributed by atoms with Gasteiger partial charge in [0.2, 0.25) is 0 Å². The van der Waals surface area contributed by atoms with Crippen molar-refractivity contribution in [3.05, 3.63) is 83.7 Å². The lowest BCUT2D eigenvalue weighted by atomic mass is 10.1. The zero-order valence-electron chi connectivity index (χ0n) is 17.2. The maximum absolute atomic E-state index is 13.4. The molecular weight excluding hydrogens is 411 g/mol. The largest absolute Gasteiger partial charge is 0.491 e. The number of hydrogen-bond donors (Lipinski definition) is 3. The van der Waals surface area contributed by atoms with Gasteiger partial charge in [0, 0.05) is 30.0 Å². The van der Waals surface area contributed by atoms with Crippen LogP contribution in [0.3, 0.4) is 0 Å². The van der Waals surface area contributed by atoms with Gasteiger partial charge >= 0.3 is 0 Å². The molecule has 1 unspecified atom stereocenters. The van der Waals surface area contributed by atoms with Gasteiger partial charge in [-0.2, -0.15) is 0 Å². The third-order valence-electron chi connectivity index (χ3n) is 5.76. The quantitative estimate of drug-likeness (QED) is 0.412. The molecule has 3 atom stereocenters. The molecule has 3 N–H and O–H groups in total. The number of nitrogens with one attached hydrogen (secondary N) is 1. The van der Waals surface area contributed by atoms with Crippen LogP contribution in [-0.4, -0.2) is 40.7 Å². The van der Waals surface area contributed by atoms with Gasteiger partial charge in [0.05, 0.1) is 12.1 Å². The Morgan fingerprint density at radius 2 is 2.00 bits per heavy atom. The van der Waals surface area contributed by atoms with E-state index in [4.69, 9.17) is 9.26 Å². The van der Waals surface area contributed by atoms with Gasteiger partial charge in [-0.1, -0.05) is 41.6 Å². The van der Waals surface area contributed by atoms with Crippen LogP contribution in [0.4, 0.5) is 4.39 Å². The van der Waals surface area contributed by atoms with E-state index in [0.29, 0.717) is 28.8 Å². The Morgan fingerprint density at radius 3 is 2.91 bits per heavy atom. The molecule has 0 saturated carbocycles. The average molecular weight is 434 g/mol. The summed E-state index contributed by atoms with van der Waals surface area (Å²) in [5, 5.41) is 28.7. The standard InChI is InChI=1S/C25H23FN2O4/c26-17-8-9-21-23(12-17)32-28-24(21)16-5-3-6-19(10-16)31-14-18(29)13-27-25-20-7-2-1-4-15(20)11-22(25)30/h1-10,12,18,22,25,27,29-30H,11,13-14H2/t18-,22-,25?/m1/s1. The summed E-state index contributed by atoms with van der Waals surface area (Å²) in [5.41, 5.74) is 3.94. The minimum absolute atomic E-state index is 0.0890. The number of benzene rings is 3. The topological polar surface area (TPSA) is 87.8 Å². The average Bonchev–Trinajstić information content (AvgIpc) is 3.36. The van der Waals surface area contributed by atoms with Crippen molar-refractivity contribution in [2.75, 3.05) is 13.2 Å². The molecule has 0 amide bonds. The molecule has 0 bridgehead atoms. The Bertz CT molecular complexity index is 1240. The molecule has 7 heteroatoms. The van der Waals surface area contributed by atoms with Crippen molar-refractivity contribution in [3.8, 4) is 17.0 Å². The Hall–Kier alpha value is -3.26. The van der Waals surface area contributed by atoms with E-state index < -0.39 is 12.2 Å². The van der Waals surface area contributed by atoms with Crippen molar-refractivity contribution in [2.45, 2.75) is 24.7 Å². The summed E-state index contributed by atoms with van der Waals surface area (Å²) in [5.74, 6) is 0.194. The van der Waals surface area contributed by atoms with Crippen molar-refractivity contribution in [3.63, 3.8) is 0 Å². The highest BCUT2D eigenvalue weighted by Crippen LogP contribution is 2.32. The van der Waals surface area contributed by atoms with Crippen LogP contribution in [0, 0.1) is 5.82 Å². The summed E-state index contributed by atoms with van der Waals surface area (Å²) in [6, 6.07) is 19.3. The molecule has 1 aliphatic carbocycles. The van der Waals surface area contributed by atoms with E-state index in [9.17, 15) is 14.6 Å². The van der Waals surface area contributed by atoms with Crippen molar-refractivity contribution in [1.29, 1.82) is 0 Å². The van der Waals surface area contributed by atoms with Crippen LogP contribution in [0.1, 0.15) is 17.2 Å². The van der Waals surface area contributed by atoms with Gasteiger partial charge in [0.15, 0.2) is 5.58 Å². The maximum Gasteiger partial charge on any atom is 0.170 e. The number of aliphatic hydroxyl groups excluding tert-OH is 2. The highest BCUT2D eigenvalue weighted by molar-refractivity contribution is 5.91. The summed E-state index contributed by atoms with van der Waals surface area (Å²) in [6.45, 7) is 0.376. The molecule has 6 nitrogen and oxygen atoms in total. The fourth-order valence-corrected chi connectivity index (χ4v) is 4.19. The number of nitrogens with zero attached hydrogens (tertiary/aromatic N) is 1. The van der Waals surface area contributed by atoms with Crippen molar-refractivity contribution in [2.24, 2.45) is 0 Å². The smallest absolute Gasteiger partial charge is 0.170 e. The molecule has 0 aliphatic heterocycles. The van der Waals surface area contributed by atoms with Crippen molar-refractivity contribution >= 4 is 11.0 Å². The number of rotatable bonds is 7. The Balaban J connectivity index is 1.21. The fraction of sp³-hybridized carbons (Fsp3) is 0.240. The zero-order chi connectivity index (χ0) is 22.1. The predicted octanol–water partition coefficient (Wildman–Crippen LogP) is 3.62. The van der Waals surface area contributed by atoms with Gasteiger partial charge in [0.1, 0.15) is 30.0 Å². The van der Waals surface area contributed by atoms with Crippen LogP contribution in [0.2, 0.25) is 0 Å². The first-order valence-electron chi connectivity index (χ1n) is 10.5. The van der Waals surface area contributed by atoms with Gasteiger partial charge in [-0.15, -0.1) is 0 Å². The van der Waals surface area contributed by atoms with Gasteiger partial charge < -0.3 is 24.8 Å². The molecule has 3 aromatic carbocycles. The second-order valence-corrected chi connectivity index (χ2v) is 8.02. The van der Waals surface area contributed by atoms with Crippen LogP contribution in [0.25, 0.3) is 22.2 Å². The second-order valence-electron chi connectivity index (χ2n) is 8.02. The SMILES string of the molecule is O[C@H](CNC1c2ccccc2C[C@H]1O)COc1cccc(-c2noc3cc(F)ccc23)c1. The molecule has 0 spiro atoms. The van der Waals surface area contributed by atoms with Gasteiger partial charge in [-0.05, 0) is 35.4 Å². The van der Waals surface area contributed by atoms with Crippen molar-refractivity contribution < 1.29 is 23.9 Å². The summed E-state index contributed by atoms with van der Waals surface area (Å²) in [4.78, 5) is 0. The first kappa shape index (κ1) is 20.6. The third-order valence-corrected chi connectivity index (χ3v) is 5.76. The van der Waals surface area contributed by atoms with Crippen LogP contribution in [-0.2, 0) is 6.42 Å². The highest BCUT2D eigenvalue weighted by Gasteiger charge is 2.30.